The summed E-state index contributed by atoms with van der Waals surface area (Å²) in [7, 11) is 0. The van der Waals surface area contributed by atoms with Gasteiger partial charge >= 0.3 is 0 Å². The minimum atomic E-state index is -0.245. The Kier molecular flexibility index (Phi) is 3.62. The molecule has 4 heteroatoms. The van der Waals surface area contributed by atoms with E-state index in [0.717, 1.165) is 37.5 Å². The zero-order valence-corrected chi connectivity index (χ0v) is 14.6. The van der Waals surface area contributed by atoms with Crippen LogP contribution in [0.4, 0.5) is 5.69 Å². The van der Waals surface area contributed by atoms with Crippen LogP contribution in [0.1, 0.15) is 16.1 Å². The number of halogens is 1. The highest BCUT2D eigenvalue weighted by atomic mass is 79.9. The highest BCUT2D eigenvalue weighted by Gasteiger charge is 2.19. The van der Waals surface area contributed by atoms with Crippen molar-refractivity contribution < 1.29 is 9.21 Å². The van der Waals surface area contributed by atoms with E-state index in [1.54, 1.807) is 0 Å². The SMILES string of the molecule is Cc1c(C(=O)Nc2cccc(Br)c2)oc2c1ccc1ccccc12. The molecule has 0 saturated carbocycles. The first-order chi connectivity index (χ1) is 11.6. The standard InChI is InChI=1S/C20H14BrNO2/c1-12-16-10-9-13-5-2-3-8-17(13)19(16)24-18(12)20(23)22-15-7-4-6-14(21)11-15/h2-11H,1H3,(H,22,23). The highest BCUT2D eigenvalue weighted by Crippen LogP contribution is 2.32. The quantitative estimate of drug-likeness (QED) is 0.470. The number of fused-ring (bicyclic) bond motifs is 3. The van der Waals surface area contributed by atoms with Crippen LogP contribution in [0.3, 0.4) is 0 Å². The van der Waals surface area contributed by atoms with Crippen molar-refractivity contribution in [3.05, 3.63) is 76.5 Å². The summed E-state index contributed by atoms with van der Waals surface area (Å²) in [6.45, 7) is 1.91. The average Bonchev–Trinajstić information content (AvgIpc) is 2.92. The monoisotopic (exact) mass is 379 g/mol. The highest BCUT2D eigenvalue weighted by molar-refractivity contribution is 9.10. The van der Waals surface area contributed by atoms with Crippen molar-refractivity contribution in [1.29, 1.82) is 0 Å². The maximum absolute atomic E-state index is 12.6. The van der Waals surface area contributed by atoms with Crippen LogP contribution < -0.4 is 5.32 Å². The molecule has 1 aromatic heterocycles. The Morgan fingerprint density at radius 3 is 2.67 bits per heavy atom. The Hall–Kier alpha value is -2.59. The third-order valence-electron chi connectivity index (χ3n) is 4.12. The van der Waals surface area contributed by atoms with Gasteiger partial charge in [-0.1, -0.05) is 58.4 Å². The van der Waals surface area contributed by atoms with Gasteiger partial charge in [0.05, 0.1) is 0 Å². The van der Waals surface area contributed by atoms with E-state index in [1.807, 2.05) is 61.5 Å². The number of benzene rings is 3. The van der Waals surface area contributed by atoms with Gasteiger partial charge in [-0.05, 0) is 30.5 Å². The molecule has 4 rings (SSSR count). The van der Waals surface area contributed by atoms with Crippen molar-refractivity contribution in [2.45, 2.75) is 6.92 Å². The molecule has 4 aromatic rings. The van der Waals surface area contributed by atoms with E-state index in [1.165, 1.54) is 0 Å². The summed E-state index contributed by atoms with van der Waals surface area (Å²) < 4.78 is 6.86. The van der Waals surface area contributed by atoms with E-state index < -0.39 is 0 Å². The predicted octanol–water partition coefficient (Wildman–Crippen LogP) is 5.91. The minimum Gasteiger partial charge on any atom is -0.450 e. The molecular weight excluding hydrogens is 366 g/mol. The van der Waals surface area contributed by atoms with Crippen LogP contribution in [0.15, 0.2) is 69.6 Å². The largest absolute Gasteiger partial charge is 0.450 e. The fourth-order valence-corrected chi connectivity index (χ4v) is 3.32. The van der Waals surface area contributed by atoms with Gasteiger partial charge in [0.2, 0.25) is 0 Å². The van der Waals surface area contributed by atoms with Gasteiger partial charge in [0.15, 0.2) is 5.76 Å². The molecule has 3 nitrogen and oxygen atoms in total. The fourth-order valence-electron chi connectivity index (χ4n) is 2.92. The van der Waals surface area contributed by atoms with E-state index in [9.17, 15) is 4.79 Å². The number of furan rings is 1. The molecule has 118 valence electrons. The molecule has 24 heavy (non-hydrogen) atoms. The molecule has 0 aliphatic carbocycles. The molecule has 0 aliphatic heterocycles. The predicted molar refractivity (Wildman–Crippen MR) is 101 cm³/mol. The van der Waals surface area contributed by atoms with Gasteiger partial charge in [0, 0.05) is 26.5 Å². The Morgan fingerprint density at radius 1 is 1.00 bits per heavy atom. The van der Waals surface area contributed by atoms with Crippen LogP contribution >= 0.6 is 15.9 Å². The van der Waals surface area contributed by atoms with Crippen LogP contribution in [0, 0.1) is 6.92 Å². The van der Waals surface area contributed by atoms with Crippen LogP contribution in [0.25, 0.3) is 21.7 Å². The molecule has 1 amide bonds. The maximum Gasteiger partial charge on any atom is 0.291 e. The number of amides is 1. The van der Waals surface area contributed by atoms with Crippen LogP contribution in [-0.4, -0.2) is 5.91 Å². The molecule has 0 bridgehead atoms. The van der Waals surface area contributed by atoms with Gasteiger partial charge in [0.1, 0.15) is 5.58 Å². The third-order valence-corrected chi connectivity index (χ3v) is 4.61. The fraction of sp³-hybridized carbons (Fsp3) is 0.0500. The Labute approximate surface area is 147 Å². The lowest BCUT2D eigenvalue weighted by atomic mass is 10.1. The van der Waals surface area contributed by atoms with Crippen molar-refractivity contribution >= 4 is 49.3 Å². The Bertz CT molecular complexity index is 1080. The Balaban J connectivity index is 1.80. The van der Waals surface area contributed by atoms with Gasteiger partial charge in [-0.2, -0.15) is 0 Å². The minimum absolute atomic E-state index is 0.245. The number of hydrogen-bond donors (Lipinski definition) is 1. The third kappa shape index (κ3) is 2.49. The first-order valence-electron chi connectivity index (χ1n) is 7.61. The lowest BCUT2D eigenvalue weighted by Gasteiger charge is -2.04. The molecule has 0 unspecified atom stereocenters. The number of aryl methyl sites for hydroxylation is 1. The second-order valence-electron chi connectivity index (χ2n) is 5.68. The van der Waals surface area contributed by atoms with Gasteiger partial charge in [-0.25, -0.2) is 0 Å². The first-order valence-corrected chi connectivity index (χ1v) is 8.40. The molecule has 0 atom stereocenters. The lowest BCUT2D eigenvalue weighted by molar-refractivity contribution is 0.0998. The van der Waals surface area contributed by atoms with Crippen LogP contribution in [0.2, 0.25) is 0 Å². The van der Waals surface area contributed by atoms with Crippen LogP contribution in [-0.2, 0) is 0 Å². The number of nitrogens with one attached hydrogen (secondary N) is 1. The Morgan fingerprint density at radius 2 is 1.83 bits per heavy atom. The molecule has 1 N–H and O–H groups in total. The van der Waals surface area contributed by atoms with E-state index in [0.29, 0.717) is 5.76 Å². The molecule has 3 aromatic carbocycles. The summed E-state index contributed by atoms with van der Waals surface area (Å²) in [6, 6.07) is 19.5. The maximum atomic E-state index is 12.6. The molecular formula is C20H14BrNO2. The second kappa shape index (κ2) is 5.80. The van der Waals surface area contributed by atoms with E-state index in [2.05, 4.69) is 27.3 Å². The summed E-state index contributed by atoms with van der Waals surface area (Å²) in [5.41, 5.74) is 2.33. The molecule has 0 fully saturated rings. The number of carbonyl (C=O) groups is 1. The number of carbonyl (C=O) groups excluding carboxylic acids is 1. The summed E-state index contributed by atoms with van der Waals surface area (Å²) in [6.07, 6.45) is 0. The van der Waals surface area contributed by atoms with E-state index in [4.69, 9.17) is 4.42 Å². The number of hydrogen-bond acceptors (Lipinski definition) is 2. The summed E-state index contributed by atoms with van der Waals surface area (Å²) in [5, 5.41) is 5.96. The molecule has 0 radical (unpaired) electrons. The second-order valence-corrected chi connectivity index (χ2v) is 6.60. The number of rotatable bonds is 2. The van der Waals surface area contributed by atoms with E-state index in [-0.39, 0.29) is 5.91 Å². The molecule has 0 aliphatic rings. The average molecular weight is 380 g/mol. The molecule has 1 heterocycles. The number of anilines is 1. The zero-order valence-electron chi connectivity index (χ0n) is 13.0. The van der Waals surface area contributed by atoms with Gasteiger partial charge in [-0.3, -0.25) is 4.79 Å². The van der Waals surface area contributed by atoms with Gasteiger partial charge < -0.3 is 9.73 Å². The summed E-state index contributed by atoms with van der Waals surface area (Å²) in [4.78, 5) is 12.6. The zero-order chi connectivity index (χ0) is 16.7. The van der Waals surface area contributed by atoms with Gasteiger partial charge in [-0.15, -0.1) is 0 Å². The van der Waals surface area contributed by atoms with Crippen LogP contribution in [0.5, 0.6) is 0 Å². The van der Waals surface area contributed by atoms with Crippen molar-refractivity contribution in [3.63, 3.8) is 0 Å². The van der Waals surface area contributed by atoms with Crippen molar-refractivity contribution in [2.24, 2.45) is 0 Å². The van der Waals surface area contributed by atoms with Crippen molar-refractivity contribution in [3.8, 4) is 0 Å². The summed E-state index contributed by atoms with van der Waals surface area (Å²) in [5.74, 6) is 0.104. The molecule has 0 spiro atoms. The molecule has 0 saturated heterocycles. The smallest absolute Gasteiger partial charge is 0.291 e. The first kappa shape index (κ1) is 15.0. The topological polar surface area (TPSA) is 42.2 Å². The van der Waals surface area contributed by atoms with Crippen molar-refractivity contribution in [2.75, 3.05) is 5.32 Å². The lowest BCUT2D eigenvalue weighted by Crippen LogP contribution is -2.11. The van der Waals surface area contributed by atoms with E-state index >= 15 is 0 Å². The summed E-state index contributed by atoms with van der Waals surface area (Å²) >= 11 is 3.40. The van der Waals surface area contributed by atoms with Gasteiger partial charge in [0.25, 0.3) is 5.91 Å². The normalized spacial score (nSPS) is 11.1. The van der Waals surface area contributed by atoms with Crippen molar-refractivity contribution in [1.82, 2.24) is 0 Å².